The van der Waals surface area contributed by atoms with Gasteiger partial charge < -0.3 is 0 Å². The van der Waals surface area contributed by atoms with Crippen LogP contribution < -0.4 is 16.4 Å². The number of hydrogen-bond donors (Lipinski definition) is 3. The van der Waals surface area contributed by atoms with Crippen LogP contribution in [-0.4, -0.2) is 48.3 Å². The number of aromatic nitrogens is 2. The van der Waals surface area contributed by atoms with E-state index in [0.29, 0.717) is 9.86 Å². The van der Waals surface area contributed by atoms with Crippen molar-refractivity contribution in [3.8, 4) is 0 Å². The summed E-state index contributed by atoms with van der Waals surface area (Å²) in [4.78, 5) is 36.3. The third kappa shape index (κ3) is 4.56. The summed E-state index contributed by atoms with van der Waals surface area (Å²) in [5.41, 5.74) is 3.75. The van der Waals surface area contributed by atoms with Gasteiger partial charge in [-0.1, -0.05) is 34.1 Å². The number of nitrogens with one attached hydrogen (secondary N) is 3. The third-order valence-corrected chi connectivity index (χ3v) is 6.46. The van der Waals surface area contributed by atoms with Crippen molar-refractivity contribution in [1.29, 1.82) is 0 Å². The summed E-state index contributed by atoms with van der Waals surface area (Å²) in [7, 11) is -2.64. The van der Waals surface area contributed by atoms with Gasteiger partial charge in [-0.3, -0.25) is 25.2 Å². The van der Waals surface area contributed by atoms with Gasteiger partial charge in [0.25, 0.3) is 17.4 Å². The van der Waals surface area contributed by atoms with Crippen LogP contribution in [0.4, 0.5) is 0 Å². The second-order valence-electron chi connectivity index (χ2n) is 6.16. The Morgan fingerprint density at radius 1 is 1.07 bits per heavy atom. The first-order chi connectivity index (χ1) is 14.2. The zero-order valence-electron chi connectivity index (χ0n) is 15.5. The Morgan fingerprint density at radius 2 is 1.70 bits per heavy atom. The van der Waals surface area contributed by atoms with E-state index in [1.54, 1.807) is 30.3 Å². The lowest BCUT2D eigenvalue weighted by molar-refractivity contribution is -0.121. The molecule has 1 heterocycles. The molecule has 0 bridgehead atoms. The number of sulfonamides is 1. The number of aromatic amines is 1. The van der Waals surface area contributed by atoms with E-state index in [2.05, 4.69) is 37.0 Å². The fraction of sp³-hybridized carbons (Fsp3) is 0.111. The van der Waals surface area contributed by atoms with Crippen LogP contribution in [0, 0.1) is 0 Å². The highest BCUT2D eigenvalue weighted by atomic mass is 79.9. The number of amides is 2. The number of H-pyrrole nitrogens is 1. The molecule has 30 heavy (non-hydrogen) atoms. The Kier molecular flexibility index (Phi) is 6.29. The topological polar surface area (TPSA) is 141 Å². The molecule has 10 nitrogen and oxygen atoms in total. The highest BCUT2D eigenvalue weighted by Gasteiger charge is 2.23. The Hall–Kier alpha value is -3.09. The molecule has 0 aliphatic heterocycles. The molecule has 0 unspecified atom stereocenters. The number of carbonyl (C=O) groups is 2. The van der Waals surface area contributed by atoms with Crippen LogP contribution in [-0.2, 0) is 14.8 Å². The van der Waals surface area contributed by atoms with Crippen LogP contribution in [0.5, 0.6) is 0 Å². The van der Waals surface area contributed by atoms with Gasteiger partial charge in [0.15, 0.2) is 5.69 Å². The van der Waals surface area contributed by atoms with Crippen molar-refractivity contribution in [2.45, 2.75) is 4.90 Å². The number of fused-ring (bicyclic) bond motifs is 1. The molecule has 2 amide bonds. The van der Waals surface area contributed by atoms with Crippen LogP contribution in [0.15, 0.2) is 62.7 Å². The number of likely N-dealkylation sites (N-methyl/N-ethyl adjacent to an activating group) is 1. The molecular weight excluding hydrogens is 478 g/mol. The molecule has 0 saturated heterocycles. The van der Waals surface area contributed by atoms with Crippen LogP contribution in [0.1, 0.15) is 10.5 Å². The standard InChI is InChI=1S/C18H16BrN5O5S/c1-24(30(28,29)12-8-6-11(19)7-9-12)10-15(25)20-23-18(27)16-13-4-2-3-5-14(13)17(26)22-21-16/h2-9H,10H2,1H3,(H,20,25)(H,22,26)(H,23,27). The average Bonchev–Trinajstić information content (AvgIpc) is 2.73. The van der Waals surface area contributed by atoms with E-state index in [0.717, 1.165) is 4.31 Å². The fourth-order valence-corrected chi connectivity index (χ4v) is 3.98. The van der Waals surface area contributed by atoms with E-state index < -0.39 is 33.9 Å². The van der Waals surface area contributed by atoms with Crippen LogP contribution in [0.3, 0.4) is 0 Å². The molecule has 2 aromatic carbocycles. The fourth-order valence-electron chi connectivity index (χ4n) is 2.59. The average molecular weight is 494 g/mol. The summed E-state index contributed by atoms with van der Waals surface area (Å²) >= 11 is 3.22. The maximum absolute atomic E-state index is 12.5. The maximum Gasteiger partial charge on any atom is 0.290 e. The SMILES string of the molecule is CN(CC(=O)NNC(=O)c1n[nH]c(=O)c2ccccc12)S(=O)(=O)c1ccc(Br)cc1. The molecule has 3 aromatic rings. The minimum atomic E-state index is -3.89. The normalized spacial score (nSPS) is 11.4. The molecule has 0 radical (unpaired) electrons. The summed E-state index contributed by atoms with van der Waals surface area (Å²) in [5.74, 6) is -1.53. The summed E-state index contributed by atoms with van der Waals surface area (Å²) in [6.07, 6.45) is 0. The summed E-state index contributed by atoms with van der Waals surface area (Å²) in [6, 6.07) is 12.3. The first-order valence-electron chi connectivity index (χ1n) is 8.48. The smallest absolute Gasteiger partial charge is 0.272 e. The van der Waals surface area contributed by atoms with Gasteiger partial charge in [-0.05, 0) is 30.3 Å². The molecule has 0 saturated carbocycles. The van der Waals surface area contributed by atoms with Gasteiger partial charge in [-0.2, -0.15) is 9.40 Å². The second-order valence-corrected chi connectivity index (χ2v) is 9.12. The predicted molar refractivity (Wildman–Crippen MR) is 112 cm³/mol. The van der Waals surface area contributed by atoms with Crippen molar-refractivity contribution in [3.05, 3.63) is 69.1 Å². The molecule has 0 atom stereocenters. The highest BCUT2D eigenvalue weighted by Crippen LogP contribution is 2.17. The number of benzene rings is 2. The largest absolute Gasteiger partial charge is 0.290 e. The zero-order chi connectivity index (χ0) is 21.9. The predicted octanol–water partition coefficient (Wildman–Crippen LogP) is 0.767. The van der Waals surface area contributed by atoms with Gasteiger partial charge in [0, 0.05) is 16.9 Å². The molecule has 156 valence electrons. The quantitative estimate of drug-likeness (QED) is 0.448. The lowest BCUT2D eigenvalue weighted by Gasteiger charge is -2.17. The van der Waals surface area contributed by atoms with Crippen LogP contribution in [0.25, 0.3) is 10.8 Å². The Bertz CT molecular complexity index is 1270. The lowest BCUT2D eigenvalue weighted by atomic mass is 10.1. The second kappa shape index (κ2) is 8.73. The molecule has 0 aliphatic rings. The van der Waals surface area contributed by atoms with Gasteiger partial charge in [-0.25, -0.2) is 13.5 Å². The highest BCUT2D eigenvalue weighted by molar-refractivity contribution is 9.10. The molecule has 0 aliphatic carbocycles. The van der Waals surface area contributed by atoms with E-state index >= 15 is 0 Å². The number of hydrogen-bond acceptors (Lipinski definition) is 6. The molecule has 1 aromatic heterocycles. The molecule has 12 heteroatoms. The van der Waals surface area contributed by atoms with E-state index in [-0.39, 0.29) is 16.0 Å². The summed E-state index contributed by atoms with van der Waals surface area (Å²) in [5, 5.41) is 6.51. The Balaban J connectivity index is 1.66. The van der Waals surface area contributed by atoms with Crippen molar-refractivity contribution in [3.63, 3.8) is 0 Å². The number of nitrogens with zero attached hydrogens (tertiary/aromatic N) is 2. The number of rotatable bonds is 5. The van der Waals surface area contributed by atoms with Gasteiger partial charge in [0.1, 0.15) is 0 Å². The van der Waals surface area contributed by atoms with Crippen LogP contribution in [0.2, 0.25) is 0 Å². The summed E-state index contributed by atoms with van der Waals surface area (Å²) < 4.78 is 26.6. The van der Waals surface area contributed by atoms with E-state index in [4.69, 9.17) is 0 Å². The van der Waals surface area contributed by atoms with Crippen molar-refractivity contribution in [2.24, 2.45) is 0 Å². The monoisotopic (exact) mass is 493 g/mol. The Morgan fingerprint density at radius 3 is 2.37 bits per heavy atom. The molecule has 0 spiro atoms. The molecule has 0 fully saturated rings. The van der Waals surface area contributed by atoms with Crippen molar-refractivity contribution >= 4 is 48.5 Å². The van der Waals surface area contributed by atoms with Gasteiger partial charge in [-0.15, -0.1) is 0 Å². The molecule has 3 rings (SSSR count). The van der Waals surface area contributed by atoms with Crippen molar-refractivity contribution < 1.29 is 18.0 Å². The van der Waals surface area contributed by atoms with Gasteiger partial charge in [0.2, 0.25) is 10.0 Å². The maximum atomic E-state index is 12.5. The summed E-state index contributed by atoms with van der Waals surface area (Å²) in [6.45, 7) is -0.529. The molecule has 3 N–H and O–H groups in total. The van der Waals surface area contributed by atoms with E-state index in [1.165, 1.54) is 25.2 Å². The number of hydrazine groups is 1. The number of carbonyl (C=O) groups excluding carboxylic acids is 2. The van der Waals surface area contributed by atoms with Crippen molar-refractivity contribution in [2.75, 3.05) is 13.6 Å². The molecular formula is C18H16BrN5O5S. The van der Waals surface area contributed by atoms with Gasteiger partial charge >= 0.3 is 0 Å². The van der Waals surface area contributed by atoms with Crippen molar-refractivity contribution in [1.82, 2.24) is 25.4 Å². The van der Waals surface area contributed by atoms with Crippen LogP contribution >= 0.6 is 15.9 Å². The van der Waals surface area contributed by atoms with E-state index in [1.807, 2.05) is 0 Å². The van der Waals surface area contributed by atoms with E-state index in [9.17, 15) is 22.8 Å². The first kappa shape index (κ1) is 21.6. The zero-order valence-corrected chi connectivity index (χ0v) is 18.0. The minimum absolute atomic E-state index is 0.0222. The minimum Gasteiger partial charge on any atom is -0.272 e. The third-order valence-electron chi connectivity index (χ3n) is 4.11. The Labute approximate surface area is 179 Å². The lowest BCUT2D eigenvalue weighted by Crippen LogP contribution is -2.47. The van der Waals surface area contributed by atoms with Gasteiger partial charge in [0.05, 0.1) is 16.8 Å². The first-order valence-corrected chi connectivity index (χ1v) is 10.7. The number of halogens is 1.